The zero-order valence-electron chi connectivity index (χ0n) is 13.7. The van der Waals surface area contributed by atoms with Gasteiger partial charge in [-0.2, -0.15) is 0 Å². The minimum absolute atomic E-state index is 0.106. The Morgan fingerprint density at radius 1 is 1.44 bits per heavy atom. The van der Waals surface area contributed by atoms with Crippen molar-refractivity contribution in [3.63, 3.8) is 0 Å². The largest absolute Gasteiger partial charge is 0.465 e. The number of hydrogen-bond donors (Lipinski definition) is 1. The lowest BCUT2D eigenvalue weighted by Crippen LogP contribution is -2.25. The minimum atomic E-state index is -0.308. The van der Waals surface area contributed by atoms with Crippen LogP contribution in [0.2, 0.25) is 0 Å². The fraction of sp³-hybridized carbons (Fsp3) is 0.235. The number of thiocarbonyl (C=S) groups is 1. The van der Waals surface area contributed by atoms with Crippen molar-refractivity contribution < 1.29 is 14.3 Å². The van der Waals surface area contributed by atoms with Crippen LogP contribution in [0.5, 0.6) is 0 Å². The van der Waals surface area contributed by atoms with Crippen molar-refractivity contribution >= 4 is 62.1 Å². The minimum Gasteiger partial charge on any atom is -0.465 e. The maximum absolute atomic E-state index is 12.2. The van der Waals surface area contributed by atoms with Gasteiger partial charge in [-0.25, -0.2) is 0 Å². The van der Waals surface area contributed by atoms with Gasteiger partial charge in [0.25, 0.3) is 5.91 Å². The van der Waals surface area contributed by atoms with Gasteiger partial charge >= 0.3 is 5.97 Å². The van der Waals surface area contributed by atoms with Gasteiger partial charge in [-0.05, 0) is 43.4 Å². The molecule has 130 valence electrons. The SMILES string of the molecule is CCOC(=O)Cn1cc(/C=C2\NC(=S)N(C)C2=O)c2cc(Br)ccc21. The third-order valence-electron chi connectivity index (χ3n) is 3.86. The summed E-state index contributed by atoms with van der Waals surface area (Å²) in [4.78, 5) is 25.5. The van der Waals surface area contributed by atoms with E-state index in [0.717, 1.165) is 20.9 Å². The van der Waals surface area contributed by atoms with Gasteiger partial charge in [-0.3, -0.25) is 14.5 Å². The van der Waals surface area contributed by atoms with E-state index in [2.05, 4.69) is 21.2 Å². The van der Waals surface area contributed by atoms with Crippen LogP contribution >= 0.6 is 28.1 Å². The molecule has 1 N–H and O–H groups in total. The normalized spacial score (nSPS) is 16.0. The molecule has 0 spiro atoms. The molecule has 0 bridgehead atoms. The summed E-state index contributed by atoms with van der Waals surface area (Å²) in [6.45, 7) is 2.22. The Morgan fingerprint density at radius 2 is 2.20 bits per heavy atom. The number of hydrogen-bond acceptors (Lipinski definition) is 4. The predicted octanol–water partition coefficient (Wildman–Crippen LogP) is 2.65. The van der Waals surface area contributed by atoms with Crippen LogP contribution in [-0.2, 0) is 20.9 Å². The van der Waals surface area contributed by atoms with Gasteiger partial charge in [0.05, 0.1) is 6.61 Å². The third kappa shape index (κ3) is 3.45. The highest BCUT2D eigenvalue weighted by molar-refractivity contribution is 9.10. The first-order chi connectivity index (χ1) is 11.9. The molecule has 0 aliphatic carbocycles. The summed E-state index contributed by atoms with van der Waals surface area (Å²) >= 11 is 8.56. The molecular formula is C17H16BrN3O3S. The first-order valence-corrected chi connectivity index (χ1v) is 8.85. The Hall–Kier alpha value is -2.19. The summed E-state index contributed by atoms with van der Waals surface area (Å²) in [7, 11) is 1.62. The second-order valence-electron chi connectivity index (χ2n) is 5.53. The number of aromatic nitrogens is 1. The highest BCUT2D eigenvalue weighted by Gasteiger charge is 2.27. The number of benzene rings is 1. The van der Waals surface area contributed by atoms with Gasteiger partial charge in [-0.1, -0.05) is 15.9 Å². The smallest absolute Gasteiger partial charge is 0.325 e. The van der Waals surface area contributed by atoms with Gasteiger partial charge in [0, 0.05) is 34.2 Å². The molecule has 1 aromatic heterocycles. The molecule has 1 aromatic carbocycles. The molecule has 2 heterocycles. The van der Waals surface area contributed by atoms with Crippen LogP contribution in [0.25, 0.3) is 17.0 Å². The zero-order chi connectivity index (χ0) is 18.1. The van der Waals surface area contributed by atoms with Crippen molar-refractivity contribution in [3.8, 4) is 0 Å². The molecule has 1 fully saturated rings. The lowest BCUT2D eigenvalue weighted by atomic mass is 10.1. The lowest BCUT2D eigenvalue weighted by Gasteiger charge is -2.04. The molecule has 0 atom stereocenters. The number of likely N-dealkylation sites (N-methyl/N-ethyl adjacent to an activating group) is 1. The average Bonchev–Trinajstić information content (AvgIpc) is 3.00. The quantitative estimate of drug-likeness (QED) is 0.467. The molecule has 0 unspecified atom stereocenters. The summed E-state index contributed by atoms with van der Waals surface area (Å²) < 4.78 is 7.75. The Bertz CT molecular complexity index is 919. The number of carbonyl (C=O) groups is 2. The van der Waals surface area contributed by atoms with E-state index >= 15 is 0 Å². The number of halogens is 1. The van der Waals surface area contributed by atoms with E-state index in [4.69, 9.17) is 17.0 Å². The highest BCUT2D eigenvalue weighted by atomic mass is 79.9. The summed E-state index contributed by atoms with van der Waals surface area (Å²) in [5.74, 6) is -0.496. The van der Waals surface area contributed by atoms with Crippen LogP contribution in [0.3, 0.4) is 0 Å². The van der Waals surface area contributed by atoms with Crippen LogP contribution < -0.4 is 5.32 Å². The van der Waals surface area contributed by atoms with Crippen molar-refractivity contribution in [3.05, 3.63) is 40.1 Å². The molecule has 6 nitrogen and oxygen atoms in total. The van der Waals surface area contributed by atoms with Gasteiger partial charge < -0.3 is 14.6 Å². The molecule has 3 rings (SSSR count). The Morgan fingerprint density at radius 3 is 2.84 bits per heavy atom. The van der Waals surface area contributed by atoms with E-state index < -0.39 is 0 Å². The number of nitrogens with one attached hydrogen (secondary N) is 1. The van der Waals surface area contributed by atoms with Gasteiger partial charge in [0.1, 0.15) is 12.2 Å². The summed E-state index contributed by atoms with van der Waals surface area (Å²) in [6, 6.07) is 5.77. The Balaban J connectivity index is 2.06. The highest BCUT2D eigenvalue weighted by Crippen LogP contribution is 2.27. The molecule has 1 aliphatic heterocycles. The first-order valence-electron chi connectivity index (χ1n) is 7.65. The number of nitrogens with zero attached hydrogens (tertiary/aromatic N) is 2. The lowest BCUT2D eigenvalue weighted by molar-refractivity contribution is -0.143. The summed E-state index contributed by atoms with van der Waals surface area (Å²) in [5.41, 5.74) is 2.10. The van der Waals surface area contributed by atoms with Crippen LogP contribution in [0.15, 0.2) is 34.6 Å². The number of rotatable bonds is 4. The Labute approximate surface area is 158 Å². The second-order valence-corrected chi connectivity index (χ2v) is 6.83. The summed E-state index contributed by atoms with van der Waals surface area (Å²) in [5, 5.41) is 4.19. The number of fused-ring (bicyclic) bond motifs is 1. The monoisotopic (exact) mass is 421 g/mol. The molecule has 0 saturated carbocycles. The van der Waals surface area contributed by atoms with Crippen molar-refractivity contribution in [1.82, 2.24) is 14.8 Å². The molecule has 2 aromatic rings. The van der Waals surface area contributed by atoms with Gasteiger partial charge in [-0.15, -0.1) is 0 Å². The number of esters is 1. The molecule has 8 heteroatoms. The first kappa shape index (κ1) is 17.6. The molecule has 1 saturated heterocycles. The van der Waals surface area contributed by atoms with Crippen LogP contribution in [-0.4, -0.2) is 40.1 Å². The maximum atomic E-state index is 12.2. The van der Waals surface area contributed by atoms with Crippen LogP contribution in [0.1, 0.15) is 12.5 Å². The van der Waals surface area contributed by atoms with Crippen molar-refractivity contribution in [2.75, 3.05) is 13.7 Å². The Kier molecular flexibility index (Phi) is 4.91. The van der Waals surface area contributed by atoms with E-state index in [1.807, 2.05) is 29.0 Å². The number of ether oxygens (including phenoxy) is 1. The van der Waals surface area contributed by atoms with Gasteiger partial charge in [0.2, 0.25) is 0 Å². The molecule has 0 radical (unpaired) electrons. The van der Waals surface area contributed by atoms with Crippen molar-refractivity contribution in [1.29, 1.82) is 0 Å². The second kappa shape index (κ2) is 6.97. The standard InChI is InChI=1S/C17H16BrN3O3S/c1-3-24-15(22)9-21-8-10(12-7-11(18)4-5-14(12)21)6-13-16(23)20(2)17(25)19-13/h4-8H,3,9H2,1-2H3,(H,19,25)/b13-6-. The number of amides is 1. The van der Waals surface area contributed by atoms with E-state index in [9.17, 15) is 9.59 Å². The van der Waals surface area contributed by atoms with Crippen molar-refractivity contribution in [2.45, 2.75) is 13.5 Å². The zero-order valence-corrected chi connectivity index (χ0v) is 16.1. The maximum Gasteiger partial charge on any atom is 0.325 e. The van der Waals surface area contributed by atoms with E-state index in [1.54, 1.807) is 20.0 Å². The number of carbonyl (C=O) groups excluding carboxylic acids is 2. The van der Waals surface area contributed by atoms with E-state index in [1.165, 1.54) is 4.90 Å². The van der Waals surface area contributed by atoms with Crippen LogP contribution in [0.4, 0.5) is 0 Å². The fourth-order valence-corrected chi connectivity index (χ4v) is 3.22. The van der Waals surface area contributed by atoms with Crippen LogP contribution in [0, 0.1) is 0 Å². The predicted molar refractivity (Wildman–Crippen MR) is 103 cm³/mol. The average molecular weight is 422 g/mol. The van der Waals surface area contributed by atoms with Gasteiger partial charge in [0.15, 0.2) is 5.11 Å². The molecule has 1 amide bonds. The van der Waals surface area contributed by atoms with E-state index in [0.29, 0.717) is 17.4 Å². The topological polar surface area (TPSA) is 63.6 Å². The molecule has 1 aliphatic rings. The summed E-state index contributed by atoms with van der Waals surface area (Å²) in [6.07, 6.45) is 3.58. The third-order valence-corrected chi connectivity index (χ3v) is 4.73. The molecular weight excluding hydrogens is 406 g/mol. The fourth-order valence-electron chi connectivity index (χ4n) is 2.67. The van der Waals surface area contributed by atoms with Crippen molar-refractivity contribution in [2.24, 2.45) is 0 Å². The molecule has 25 heavy (non-hydrogen) atoms. The van der Waals surface area contributed by atoms with E-state index in [-0.39, 0.29) is 18.4 Å².